The summed E-state index contributed by atoms with van der Waals surface area (Å²) in [6.07, 6.45) is 4.79. The maximum absolute atomic E-state index is 11.2. The van der Waals surface area contributed by atoms with Crippen LogP contribution < -0.4 is 0 Å². The Morgan fingerprint density at radius 1 is 1.54 bits per heavy atom. The molecule has 0 aliphatic rings. The summed E-state index contributed by atoms with van der Waals surface area (Å²) in [5.74, 6) is -0.348. The number of rotatable bonds is 4. The Morgan fingerprint density at radius 2 is 2.15 bits per heavy atom. The van der Waals surface area contributed by atoms with Crippen LogP contribution in [0.15, 0.2) is 35.4 Å². The highest BCUT2D eigenvalue weighted by molar-refractivity contribution is 6.30. The average Bonchev–Trinajstić information content (AvgIpc) is 2.05. The topological polar surface area (TPSA) is 26.3 Å². The van der Waals surface area contributed by atoms with E-state index in [2.05, 4.69) is 6.58 Å². The monoisotopic (exact) mass is 200 g/mol. The fraction of sp³-hybridized carbons (Fsp3) is 0.300. The van der Waals surface area contributed by atoms with Crippen LogP contribution in [0.3, 0.4) is 0 Å². The van der Waals surface area contributed by atoms with Gasteiger partial charge in [0.05, 0.1) is 12.2 Å². The van der Waals surface area contributed by atoms with Crippen LogP contribution in [0, 0.1) is 0 Å². The molecule has 0 bridgehead atoms. The lowest BCUT2D eigenvalue weighted by molar-refractivity contribution is -0.138. The zero-order valence-electron chi connectivity index (χ0n) is 7.84. The summed E-state index contributed by atoms with van der Waals surface area (Å²) >= 11 is 5.50. The molecule has 0 heterocycles. The van der Waals surface area contributed by atoms with Gasteiger partial charge in [-0.3, -0.25) is 0 Å². The summed E-state index contributed by atoms with van der Waals surface area (Å²) in [6, 6.07) is 0. The molecule has 0 saturated heterocycles. The van der Waals surface area contributed by atoms with Gasteiger partial charge in [-0.2, -0.15) is 0 Å². The van der Waals surface area contributed by atoms with Crippen molar-refractivity contribution in [2.45, 2.75) is 13.8 Å². The minimum atomic E-state index is -0.348. The average molecular weight is 201 g/mol. The van der Waals surface area contributed by atoms with Crippen molar-refractivity contribution in [2.24, 2.45) is 0 Å². The van der Waals surface area contributed by atoms with E-state index in [-0.39, 0.29) is 5.97 Å². The summed E-state index contributed by atoms with van der Waals surface area (Å²) in [7, 11) is 0. The molecule has 0 radical (unpaired) electrons. The Balaban J connectivity index is 4.37. The summed E-state index contributed by atoms with van der Waals surface area (Å²) < 4.78 is 4.80. The predicted molar refractivity (Wildman–Crippen MR) is 54.5 cm³/mol. The van der Waals surface area contributed by atoms with Gasteiger partial charge in [0.25, 0.3) is 0 Å². The van der Waals surface area contributed by atoms with Crippen LogP contribution in [0.1, 0.15) is 13.8 Å². The van der Waals surface area contributed by atoms with Crippen molar-refractivity contribution < 1.29 is 9.53 Å². The molecule has 0 aromatic heterocycles. The predicted octanol–water partition coefficient (Wildman–Crippen LogP) is 2.80. The molecule has 0 aliphatic heterocycles. The first-order valence-corrected chi connectivity index (χ1v) is 4.35. The van der Waals surface area contributed by atoms with Gasteiger partial charge in [-0.1, -0.05) is 24.3 Å². The normalized spacial score (nSPS) is 11.8. The van der Waals surface area contributed by atoms with Gasteiger partial charge >= 0.3 is 5.97 Å². The van der Waals surface area contributed by atoms with E-state index in [4.69, 9.17) is 16.3 Å². The third kappa shape index (κ3) is 5.26. The SMILES string of the molecule is C=C(Cl)/C=C\C(=C/C)C(=O)OCC. The van der Waals surface area contributed by atoms with E-state index in [1.165, 1.54) is 0 Å². The van der Waals surface area contributed by atoms with Gasteiger partial charge in [0, 0.05) is 5.03 Å². The van der Waals surface area contributed by atoms with Crippen molar-refractivity contribution in [2.75, 3.05) is 6.61 Å². The Hall–Kier alpha value is -1.02. The van der Waals surface area contributed by atoms with E-state index in [1.807, 2.05) is 0 Å². The molecule has 2 nitrogen and oxygen atoms in total. The molecule has 72 valence electrons. The molecule has 0 N–H and O–H groups in total. The van der Waals surface area contributed by atoms with Crippen LogP contribution in [0.5, 0.6) is 0 Å². The fourth-order valence-corrected chi connectivity index (χ4v) is 0.740. The Bertz CT molecular complexity index is 252. The fourth-order valence-electron chi connectivity index (χ4n) is 0.677. The second-order valence-corrected chi connectivity index (χ2v) is 2.73. The second-order valence-electron chi connectivity index (χ2n) is 2.24. The van der Waals surface area contributed by atoms with Crippen molar-refractivity contribution in [1.82, 2.24) is 0 Å². The van der Waals surface area contributed by atoms with Gasteiger partial charge in [-0.15, -0.1) is 0 Å². The van der Waals surface area contributed by atoms with E-state index < -0.39 is 0 Å². The molecule has 0 atom stereocenters. The first kappa shape index (κ1) is 12.0. The molecule has 0 saturated carbocycles. The summed E-state index contributed by atoms with van der Waals surface area (Å²) in [5, 5.41) is 0.378. The summed E-state index contributed by atoms with van der Waals surface area (Å²) in [4.78, 5) is 11.2. The van der Waals surface area contributed by atoms with E-state index >= 15 is 0 Å². The Labute approximate surface area is 83.5 Å². The zero-order chi connectivity index (χ0) is 10.3. The third-order valence-electron chi connectivity index (χ3n) is 1.27. The van der Waals surface area contributed by atoms with Crippen molar-refractivity contribution in [1.29, 1.82) is 0 Å². The van der Waals surface area contributed by atoms with Crippen molar-refractivity contribution in [3.63, 3.8) is 0 Å². The summed E-state index contributed by atoms with van der Waals surface area (Å²) in [5.41, 5.74) is 0.476. The molecule has 0 rings (SSSR count). The number of esters is 1. The molecule has 0 aromatic carbocycles. The lowest BCUT2D eigenvalue weighted by Crippen LogP contribution is -2.05. The number of carbonyl (C=O) groups is 1. The molecule has 0 fully saturated rings. The molecule has 3 heteroatoms. The number of halogens is 1. The van der Waals surface area contributed by atoms with Gasteiger partial charge < -0.3 is 4.74 Å². The Morgan fingerprint density at radius 3 is 2.54 bits per heavy atom. The molecule has 0 amide bonds. The highest BCUT2D eigenvalue weighted by atomic mass is 35.5. The van der Waals surface area contributed by atoms with Crippen molar-refractivity contribution >= 4 is 17.6 Å². The quantitative estimate of drug-likeness (QED) is 0.396. The standard InChI is InChI=1S/C10H13ClO2/c1-4-9(7-6-8(3)11)10(12)13-5-2/h4,6-7H,3,5H2,1-2H3/b7-6-,9-4+. The van der Waals surface area contributed by atoms with Crippen molar-refractivity contribution in [3.05, 3.63) is 35.4 Å². The first-order chi connectivity index (χ1) is 6.11. The van der Waals surface area contributed by atoms with Gasteiger partial charge in [0.1, 0.15) is 0 Å². The van der Waals surface area contributed by atoms with E-state index in [0.29, 0.717) is 17.2 Å². The minimum Gasteiger partial charge on any atom is -0.462 e. The molecule has 0 aliphatic carbocycles. The van der Waals surface area contributed by atoms with Gasteiger partial charge in [-0.05, 0) is 26.0 Å². The van der Waals surface area contributed by atoms with Crippen LogP contribution in [0.2, 0.25) is 0 Å². The lowest BCUT2D eigenvalue weighted by atomic mass is 10.2. The number of hydrogen-bond acceptors (Lipinski definition) is 2. The van der Waals surface area contributed by atoms with Crippen LogP contribution in [-0.4, -0.2) is 12.6 Å². The van der Waals surface area contributed by atoms with Crippen LogP contribution in [-0.2, 0) is 9.53 Å². The van der Waals surface area contributed by atoms with E-state index in [0.717, 1.165) is 0 Å². The van der Waals surface area contributed by atoms with E-state index in [9.17, 15) is 4.79 Å². The molecule has 13 heavy (non-hydrogen) atoms. The molecule has 0 spiro atoms. The molecular formula is C10H13ClO2. The highest BCUT2D eigenvalue weighted by Gasteiger charge is 2.04. The van der Waals surface area contributed by atoms with Crippen molar-refractivity contribution in [3.8, 4) is 0 Å². The first-order valence-electron chi connectivity index (χ1n) is 3.97. The number of ether oxygens (including phenoxy) is 1. The smallest absolute Gasteiger partial charge is 0.337 e. The highest BCUT2D eigenvalue weighted by Crippen LogP contribution is 2.05. The number of carbonyl (C=O) groups excluding carboxylic acids is 1. The van der Waals surface area contributed by atoms with Crippen LogP contribution in [0.25, 0.3) is 0 Å². The van der Waals surface area contributed by atoms with E-state index in [1.54, 1.807) is 32.1 Å². The second kappa shape index (κ2) is 6.49. The van der Waals surface area contributed by atoms with Gasteiger partial charge in [-0.25, -0.2) is 4.79 Å². The number of allylic oxidation sites excluding steroid dienone is 3. The summed E-state index contributed by atoms with van der Waals surface area (Å²) in [6.45, 7) is 7.35. The third-order valence-corrected chi connectivity index (χ3v) is 1.39. The maximum Gasteiger partial charge on any atom is 0.337 e. The van der Waals surface area contributed by atoms with Gasteiger partial charge in [0.2, 0.25) is 0 Å². The van der Waals surface area contributed by atoms with Crippen LogP contribution in [0.4, 0.5) is 0 Å². The largest absolute Gasteiger partial charge is 0.462 e. The maximum atomic E-state index is 11.2. The van der Waals surface area contributed by atoms with Gasteiger partial charge in [0.15, 0.2) is 0 Å². The zero-order valence-corrected chi connectivity index (χ0v) is 8.60. The number of hydrogen-bond donors (Lipinski definition) is 0. The molecule has 0 unspecified atom stereocenters. The molecular weight excluding hydrogens is 188 g/mol. The molecule has 0 aromatic rings. The van der Waals surface area contributed by atoms with Crippen LogP contribution >= 0.6 is 11.6 Å². The lowest BCUT2D eigenvalue weighted by Gasteiger charge is -2.00. The Kier molecular flexibility index (Phi) is 5.98. The minimum absolute atomic E-state index is 0.348.